The van der Waals surface area contributed by atoms with Crippen molar-refractivity contribution in [3.63, 3.8) is 0 Å². The van der Waals surface area contributed by atoms with E-state index in [4.69, 9.17) is 15.6 Å². The van der Waals surface area contributed by atoms with Crippen LogP contribution in [-0.2, 0) is 14.4 Å². The van der Waals surface area contributed by atoms with E-state index >= 15 is 0 Å². The fourth-order valence-electron chi connectivity index (χ4n) is 3.33. The summed E-state index contributed by atoms with van der Waals surface area (Å²) in [6.45, 7) is 13.0. The molecule has 0 saturated carbocycles. The molecule has 1 unspecified atom stereocenters. The Labute approximate surface area is 232 Å². The highest BCUT2D eigenvalue weighted by Gasteiger charge is 2.09. The van der Waals surface area contributed by atoms with Gasteiger partial charge in [-0.3, -0.25) is 14.4 Å². The van der Waals surface area contributed by atoms with Gasteiger partial charge in [0.25, 0.3) is 5.91 Å². The molecule has 0 aliphatic heterocycles. The molecule has 0 aliphatic carbocycles. The van der Waals surface area contributed by atoms with Crippen LogP contribution in [0.3, 0.4) is 0 Å². The van der Waals surface area contributed by atoms with Crippen molar-refractivity contribution in [3.8, 4) is 5.75 Å². The molecule has 0 bridgehead atoms. The van der Waals surface area contributed by atoms with Gasteiger partial charge in [-0.2, -0.15) is 0 Å². The van der Waals surface area contributed by atoms with Crippen LogP contribution in [0.2, 0.25) is 0 Å². The smallest absolute Gasteiger partial charge is 0.320 e. The van der Waals surface area contributed by atoms with Crippen LogP contribution in [0.5, 0.6) is 5.75 Å². The maximum absolute atomic E-state index is 11.2. The Bertz CT molecular complexity index is 1110. The Kier molecular flexibility index (Phi) is 18.4. The first-order valence-corrected chi connectivity index (χ1v) is 13.3. The summed E-state index contributed by atoms with van der Waals surface area (Å²) >= 11 is 0. The molecule has 1 aromatic heterocycles. The molecule has 1 aromatic carbocycles. The van der Waals surface area contributed by atoms with E-state index in [1.54, 1.807) is 18.2 Å². The third kappa shape index (κ3) is 14.7. The number of nitrogens with one attached hydrogen (secondary N) is 3. The number of rotatable bonds is 13. The molecule has 0 aliphatic rings. The monoisotopic (exact) mass is 542 g/mol. The molecule has 9 nitrogen and oxygen atoms in total. The fourth-order valence-corrected chi connectivity index (χ4v) is 3.33. The Morgan fingerprint density at radius 1 is 1.18 bits per heavy atom. The number of carbonyl (C=O) groups excluding carboxylic acids is 2. The van der Waals surface area contributed by atoms with Crippen molar-refractivity contribution in [2.75, 3.05) is 13.6 Å². The molecule has 0 saturated heterocycles. The maximum atomic E-state index is 11.2. The molecule has 39 heavy (non-hydrogen) atoms. The number of aldehydes is 1. The zero-order valence-corrected chi connectivity index (χ0v) is 24.3. The first kappa shape index (κ1) is 35.3. The molecule has 0 radical (unpaired) electrons. The van der Waals surface area contributed by atoms with Gasteiger partial charge in [0.15, 0.2) is 0 Å². The summed E-state index contributed by atoms with van der Waals surface area (Å²) in [7, 11) is 1.87. The maximum Gasteiger partial charge on any atom is 0.320 e. The second-order valence-corrected chi connectivity index (χ2v) is 9.05. The van der Waals surface area contributed by atoms with E-state index in [9.17, 15) is 14.4 Å². The van der Waals surface area contributed by atoms with Crippen molar-refractivity contribution < 1.29 is 24.2 Å². The predicted octanol–water partition coefficient (Wildman–Crippen LogP) is 5.16. The zero-order valence-electron chi connectivity index (χ0n) is 24.3. The third-order valence-electron chi connectivity index (χ3n) is 5.19. The van der Waals surface area contributed by atoms with Crippen LogP contribution < -0.4 is 21.1 Å². The number of hydrogen-bond donors (Lipinski definition) is 5. The van der Waals surface area contributed by atoms with E-state index in [-0.39, 0.29) is 6.29 Å². The Balaban J connectivity index is 0.000000935. The summed E-state index contributed by atoms with van der Waals surface area (Å²) in [6.07, 6.45) is 11.3. The molecule has 0 spiro atoms. The molecule has 1 heterocycles. The Hall–Kier alpha value is -3.69. The van der Waals surface area contributed by atoms with Crippen molar-refractivity contribution in [2.45, 2.75) is 72.8 Å². The molecular weight excluding hydrogens is 496 g/mol. The van der Waals surface area contributed by atoms with Crippen molar-refractivity contribution in [3.05, 3.63) is 65.7 Å². The van der Waals surface area contributed by atoms with E-state index < -0.39 is 17.9 Å². The highest BCUT2D eigenvalue weighted by Crippen LogP contribution is 2.28. The molecule has 9 heteroatoms. The number of carboxylic acid groups (broad SMARTS) is 1. The number of aromatic amines is 1. The zero-order chi connectivity index (χ0) is 29.8. The minimum absolute atomic E-state index is 0.241. The number of allylic oxidation sites excluding steroid dienone is 4. The lowest BCUT2D eigenvalue weighted by molar-refractivity contribution is -0.138. The summed E-state index contributed by atoms with van der Waals surface area (Å²) < 4.78 is 5.66. The lowest BCUT2D eigenvalue weighted by Gasteiger charge is -2.05. The number of aromatic nitrogens is 1. The summed E-state index contributed by atoms with van der Waals surface area (Å²) in [5.74, 6) is -0.452. The lowest BCUT2D eigenvalue weighted by atomic mass is 10.0. The number of carboxylic acids is 1. The molecule has 2 rings (SSSR count). The number of hydrogen-bond acceptors (Lipinski definition) is 6. The van der Waals surface area contributed by atoms with E-state index in [2.05, 4.69) is 29.5 Å². The van der Waals surface area contributed by atoms with Crippen LogP contribution >= 0.6 is 0 Å². The largest absolute Gasteiger partial charge is 0.480 e. The minimum atomic E-state index is -0.908. The summed E-state index contributed by atoms with van der Waals surface area (Å²) in [6, 6.07) is 5.19. The van der Waals surface area contributed by atoms with E-state index in [0.717, 1.165) is 41.6 Å². The van der Waals surface area contributed by atoms with Crippen LogP contribution in [0.25, 0.3) is 10.9 Å². The first-order valence-electron chi connectivity index (χ1n) is 13.3. The molecule has 1 atom stereocenters. The van der Waals surface area contributed by atoms with Crippen molar-refractivity contribution in [1.29, 1.82) is 0 Å². The minimum Gasteiger partial charge on any atom is -0.480 e. The van der Waals surface area contributed by atoms with Crippen LogP contribution in [0.4, 0.5) is 0 Å². The van der Waals surface area contributed by atoms with E-state index in [0.29, 0.717) is 18.0 Å². The number of benzene rings is 1. The van der Waals surface area contributed by atoms with Gasteiger partial charge in [0.2, 0.25) is 6.29 Å². The van der Waals surface area contributed by atoms with Crippen molar-refractivity contribution >= 4 is 29.1 Å². The average molecular weight is 543 g/mol. The number of ether oxygens (including phenoxy) is 1. The van der Waals surface area contributed by atoms with E-state index in [1.807, 2.05) is 59.1 Å². The van der Waals surface area contributed by atoms with Gasteiger partial charge >= 0.3 is 5.97 Å². The Morgan fingerprint density at radius 3 is 2.44 bits per heavy atom. The molecule has 2 aromatic rings. The van der Waals surface area contributed by atoms with Crippen LogP contribution in [0.15, 0.2) is 60.2 Å². The Morgan fingerprint density at radius 2 is 1.87 bits per heavy atom. The highest BCUT2D eigenvalue weighted by atomic mass is 16.5. The van der Waals surface area contributed by atoms with Gasteiger partial charge in [-0.05, 0) is 88.2 Å². The van der Waals surface area contributed by atoms with Crippen molar-refractivity contribution in [1.82, 2.24) is 15.6 Å². The van der Waals surface area contributed by atoms with Gasteiger partial charge < -0.3 is 31.2 Å². The van der Waals surface area contributed by atoms with Gasteiger partial charge in [-0.1, -0.05) is 39.7 Å². The normalized spacial score (nSPS) is 11.7. The number of aliphatic carboxylic acids is 1. The predicted molar refractivity (Wildman–Crippen MR) is 159 cm³/mol. The third-order valence-corrected chi connectivity index (χ3v) is 5.19. The number of fused-ring (bicyclic) bond motifs is 1. The average Bonchev–Trinajstić information content (AvgIpc) is 3.33. The second-order valence-electron chi connectivity index (χ2n) is 9.05. The molecule has 6 N–H and O–H groups in total. The standard InChI is InChI=1S/C21H24N2O3.C7H16N2O2.C2H6/c1-14(2)10-16(23-21(25)13-24)6-5-9-26-17-7-8-20-18(11-17)19(12-22-20)15(3)4;1-9-5-3-2-4-6(8)7(10)11;1-2/h5-13,15,22H,1-4H3,(H,23,25);6,9H,2-5,8H2,1H3,(H,10,11);1-2H3/b9-5+,16-6+;;. The van der Waals surface area contributed by atoms with Crippen molar-refractivity contribution in [2.24, 2.45) is 5.73 Å². The number of amides is 1. The number of unbranched alkanes of at least 4 members (excludes halogenated alkanes) is 1. The number of carbonyl (C=O) groups is 3. The quantitative estimate of drug-likeness (QED) is 0.0772. The molecular formula is C30H46N4O5. The number of nitrogens with two attached hydrogens (primary N) is 1. The summed E-state index contributed by atoms with van der Waals surface area (Å²) in [4.78, 5) is 35.2. The number of H-pyrrole nitrogens is 1. The molecule has 216 valence electrons. The SMILES string of the molecule is CC.CC(C)=C/C(=C\C=C\Oc1ccc2[nH]cc(C(C)C)c2c1)NC(=O)C=O.CNCCCCC(N)C(=O)O. The topological polar surface area (TPSA) is 147 Å². The summed E-state index contributed by atoms with van der Waals surface area (Å²) in [5.41, 5.74) is 9.12. The van der Waals surface area contributed by atoms with Crippen LogP contribution in [0.1, 0.15) is 72.3 Å². The lowest BCUT2D eigenvalue weighted by Crippen LogP contribution is -2.29. The summed E-state index contributed by atoms with van der Waals surface area (Å²) in [5, 5.41) is 15.0. The highest BCUT2D eigenvalue weighted by molar-refractivity contribution is 6.24. The van der Waals surface area contributed by atoms with Crippen LogP contribution in [-0.4, -0.2) is 47.9 Å². The van der Waals surface area contributed by atoms with Gasteiger partial charge in [-0.15, -0.1) is 0 Å². The van der Waals surface area contributed by atoms with Gasteiger partial charge in [0.1, 0.15) is 11.8 Å². The van der Waals surface area contributed by atoms with Gasteiger partial charge in [0.05, 0.1) is 6.26 Å². The van der Waals surface area contributed by atoms with Gasteiger partial charge in [0, 0.05) is 22.8 Å². The fraction of sp³-hybridized carbons (Fsp3) is 0.433. The molecule has 1 amide bonds. The first-order chi connectivity index (χ1) is 18.6. The van der Waals surface area contributed by atoms with Crippen LogP contribution in [0, 0.1) is 0 Å². The molecule has 0 fully saturated rings. The second kappa shape index (κ2) is 20.3. The van der Waals surface area contributed by atoms with Gasteiger partial charge in [-0.25, -0.2) is 0 Å². The van der Waals surface area contributed by atoms with E-state index in [1.165, 1.54) is 11.8 Å².